The number of carbonyl (C=O) groups excluding carboxylic acids is 1. The van der Waals surface area contributed by atoms with Gasteiger partial charge in [0.1, 0.15) is 5.82 Å². The van der Waals surface area contributed by atoms with Gasteiger partial charge in [-0.2, -0.15) is 0 Å². The van der Waals surface area contributed by atoms with Crippen LogP contribution in [0.2, 0.25) is 0 Å². The molecular formula is C19H20N4O2. The molecule has 1 N–H and O–H groups in total. The van der Waals surface area contributed by atoms with Crippen LogP contribution < -0.4 is 5.56 Å². The minimum absolute atomic E-state index is 0.0298. The van der Waals surface area contributed by atoms with Crippen molar-refractivity contribution in [2.75, 3.05) is 6.54 Å². The number of hydrogen-bond acceptors (Lipinski definition) is 4. The van der Waals surface area contributed by atoms with Crippen LogP contribution in [0.5, 0.6) is 0 Å². The fourth-order valence-corrected chi connectivity index (χ4v) is 2.72. The number of fused-ring (bicyclic) bond motifs is 1. The van der Waals surface area contributed by atoms with Crippen LogP contribution in [0, 0.1) is 0 Å². The van der Waals surface area contributed by atoms with Gasteiger partial charge in [-0.1, -0.05) is 18.2 Å². The van der Waals surface area contributed by atoms with Gasteiger partial charge in [-0.15, -0.1) is 0 Å². The molecule has 0 saturated carbocycles. The van der Waals surface area contributed by atoms with Gasteiger partial charge in [-0.25, -0.2) is 4.98 Å². The quantitative estimate of drug-likeness (QED) is 0.749. The summed E-state index contributed by atoms with van der Waals surface area (Å²) in [5.41, 5.74) is 1.49. The van der Waals surface area contributed by atoms with E-state index in [0.717, 1.165) is 5.56 Å². The van der Waals surface area contributed by atoms with Crippen LogP contribution >= 0.6 is 0 Å². The summed E-state index contributed by atoms with van der Waals surface area (Å²) in [6.07, 6.45) is 4.53. The molecule has 6 nitrogen and oxygen atoms in total. The summed E-state index contributed by atoms with van der Waals surface area (Å²) in [7, 11) is 0. The molecule has 0 spiro atoms. The first-order chi connectivity index (χ1) is 12.2. The molecule has 2 heterocycles. The first-order valence-corrected chi connectivity index (χ1v) is 8.32. The van der Waals surface area contributed by atoms with Crippen molar-refractivity contribution >= 4 is 16.8 Å². The number of benzene rings is 1. The van der Waals surface area contributed by atoms with Crippen LogP contribution in [0.4, 0.5) is 0 Å². The zero-order valence-corrected chi connectivity index (χ0v) is 14.1. The highest BCUT2D eigenvalue weighted by atomic mass is 16.2. The lowest BCUT2D eigenvalue weighted by molar-refractivity contribution is -0.131. The molecule has 25 heavy (non-hydrogen) atoms. The van der Waals surface area contributed by atoms with Gasteiger partial charge >= 0.3 is 0 Å². The molecule has 0 unspecified atom stereocenters. The Morgan fingerprint density at radius 1 is 1.20 bits per heavy atom. The minimum atomic E-state index is -0.181. The first-order valence-electron chi connectivity index (χ1n) is 8.32. The second-order valence-corrected chi connectivity index (χ2v) is 5.80. The summed E-state index contributed by atoms with van der Waals surface area (Å²) in [5, 5.41) is 0.553. The maximum atomic E-state index is 12.5. The summed E-state index contributed by atoms with van der Waals surface area (Å²) in [6, 6.07) is 11.0. The molecule has 1 aromatic carbocycles. The fraction of sp³-hybridized carbons (Fsp3) is 0.263. The number of rotatable bonds is 6. The number of H-pyrrole nitrogens is 1. The molecule has 0 fully saturated rings. The molecule has 0 aliphatic rings. The van der Waals surface area contributed by atoms with Crippen LogP contribution in [0.25, 0.3) is 10.9 Å². The second kappa shape index (κ2) is 7.70. The van der Waals surface area contributed by atoms with Crippen LogP contribution in [-0.4, -0.2) is 32.3 Å². The number of hydrogen-bond donors (Lipinski definition) is 1. The standard InChI is InChI=1S/C19H20N4O2/c1-2-23(18(24)10-9-14-6-5-11-20-12-14)13-17-21-16-8-4-3-7-15(16)19(25)22-17/h3-8,11-12H,2,9-10,13H2,1H3,(H,21,22,25). The molecule has 0 bridgehead atoms. The molecule has 0 aliphatic carbocycles. The van der Waals surface area contributed by atoms with Crippen molar-refractivity contribution < 1.29 is 4.79 Å². The Morgan fingerprint density at radius 3 is 2.80 bits per heavy atom. The van der Waals surface area contributed by atoms with E-state index in [4.69, 9.17) is 0 Å². The summed E-state index contributed by atoms with van der Waals surface area (Å²) >= 11 is 0. The fourth-order valence-electron chi connectivity index (χ4n) is 2.72. The van der Waals surface area contributed by atoms with E-state index in [2.05, 4.69) is 15.0 Å². The maximum absolute atomic E-state index is 12.5. The molecule has 3 aromatic rings. The third-order valence-electron chi connectivity index (χ3n) is 4.09. The Hall–Kier alpha value is -3.02. The number of amides is 1. The predicted octanol–water partition coefficient (Wildman–Crippen LogP) is 2.30. The highest BCUT2D eigenvalue weighted by Crippen LogP contribution is 2.09. The summed E-state index contributed by atoms with van der Waals surface area (Å²) in [6.45, 7) is 2.77. The van der Waals surface area contributed by atoms with Crippen molar-refractivity contribution in [3.8, 4) is 0 Å². The zero-order chi connectivity index (χ0) is 17.6. The normalized spacial score (nSPS) is 10.8. The Bertz CT molecular complexity index is 921. The number of aromatic nitrogens is 3. The average Bonchev–Trinajstić information content (AvgIpc) is 2.65. The topological polar surface area (TPSA) is 79.0 Å². The van der Waals surface area contributed by atoms with E-state index in [-0.39, 0.29) is 11.5 Å². The smallest absolute Gasteiger partial charge is 0.258 e. The van der Waals surface area contributed by atoms with Crippen molar-refractivity contribution in [1.82, 2.24) is 19.9 Å². The van der Waals surface area contributed by atoms with Gasteiger partial charge < -0.3 is 9.88 Å². The SMILES string of the molecule is CCN(Cc1nc2ccccc2c(=O)[nH]1)C(=O)CCc1cccnc1. The monoisotopic (exact) mass is 336 g/mol. The minimum Gasteiger partial charge on any atom is -0.335 e. The van der Waals surface area contributed by atoms with Crippen LogP contribution in [-0.2, 0) is 17.8 Å². The molecule has 0 atom stereocenters. The third-order valence-corrected chi connectivity index (χ3v) is 4.09. The highest BCUT2D eigenvalue weighted by molar-refractivity contribution is 5.78. The van der Waals surface area contributed by atoms with Gasteiger partial charge in [0.05, 0.1) is 17.4 Å². The van der Waals surface area contributed by atoms with E-state index in [1.807, 2.05) is 25.1 Å². The highest BCUT2D eigenvalue weighted by Gasteiger charge is 2.14. The number of nitrogens with one attached hydrogen (secondary N) is 1. The van der Waals surface area contributed by atoms with E-state index in [9.17, 15) is 9.59 Å². The molecule has 1 amide bonds. The number of para-hydroxylation sites is 1. The number of pyridine rings is 1. The Balaban J connectivity index is 1.71. The first kappa shape index (κ1) is 16.8. The molecule has 2 aromatic heterocycles. The van der Waals surface area contributed by atoms with Crippen molar-refractivity contribution in [3.63, 3.8) is 0 Å². The van der Waals surface area contributed by atoms with Gasteiger partial charge in [0.15, 0.2) is 0 Å². The van der Waals surface area contributed by atoms with E-state index >= 15 is 0 Å². The van der Waals surface area contributed by atoms with Gasteiger partial charge in [0.2, 0.25) is 5.91 Å². The number of carbonyl (C=O) groups is 1. The summed E-state index contributed by atoms with van der Waals surface area (Å²) in [5.74, 6) is 0.530. The number of nitrogens with zero attached hydrogens (tertiary/aromatic N) is 3. The summed E-state index contributed by atoms with van der Waals surface area (Å²) in [4.78, 5) is 37.6. The largest absolute Gasteiger partial charge is 0.335 e. The van der Waals surface area contributed by atoms with Gasteiger partial charge in [0.25, 0.3) is 5.56 Å². The zero-order valence-electron chi connectivity index (χ0n) is 14.1. The molecule has 0 radical (unpaired) electrons. The van der Waals surface area contributed by atoms with E-state index in [0.29, 0.717) is 42.7 Å². The molecule has 3 rings (SSSR count). The van der Waals surface area contributed by atoms with Crippen molar-refractivity contribution in [1.29, 1.82) is 0 Å². The molecule has 128 valence electrons. The molecule has 6 heteroatoms. The Kier molecular flexibility index (Phi) is 5.18. The van der Waals surface area contributed by atoms with E-state index in [1.165, 1.54) is 0 Å². The van der Waals surface area contributed by atoms with Crippen molar-refractivity contribution in [2.24, 2.45) is 0 Å². The van der Waals surface area contributed by atoms with Crippen LogP contribution in [0.3, 0.4) is 0 Å². The van der Waals surface area contributed by atoms with Crippen LogP contribution in [0.1, 0.15) is 24.7 Å². The van der Waals surface area contributed by atoms with Crippen molar-refractivity contribution in [2.45, 2.75) is 26.3 Å². The average molecular weight is 336 g/mol. The second-order valence-electron chi connectivity index (χ2n) is 5.80. The Labute approximate surface area is 145 Å². The summed E-state index contributed by atoms with van der Waals surface area (Å²) < 4.78 is 0. The number of aryl methyl sites for hydroxylation is 1. The maximum Gasteiger partial charge on any atom is 0.258 e. The van der Waals surface area contributed by atoms with Crippen LogP contribution in [0.15, 0.2) is 53.6 Å². The number of aromatic amines is 1. The van der Waals surface area contributed by atoms with E-state index in [1.54, 1.807) is 35.5 Å². The predicted molar refractivity (Wildman–Crippen MR) is 96.0 cm³/mol. The van der Waals surface area contributed by atoms with Gasteiger partial charge in [-0.05, 0) is 37.1 Å². The lowest BCUT2D eigenvalue weighted by Gasteiger charge is -2.20. The lowest BCUT2D eigenvalue weighted by Crippen LogP contribution is -2.32. The Morgan fingerprint density at radius 2 is 2.04 bits per heavy atom. The lowest BCUT2D eigenvalue weighted by atomic mass is 10.1. The van der Waals surface area contributed by atoms with Gasteiger partial charge in [0, 0.05) is 25.4 Å². The molecule has 0 aliphatic heterocycles. The van der Waals surface area contributed by atoms with Gasteiger partial charge in [-0.3, -0.25) is 14.6 Å². The van der Waals surface area contributed by atoms with E-state index < -0.39 is 0 Å². The third kappa shape index (κ3) is 4.09. The molecular weight excluding hydrogens is 316 g/mol. The van der Waals surface area contributed by atoms with Crippen molar-refractivity contribution in [3.05, 3.63) is 70.5 Å². The molecule has 0 saturated heterocycles.